The predicted octanol–water partition coefficient (Wildman–Crippen LogP) is -0.575. The molecule has 0 radical (unpaired) electrons. The van der Waals surface area contributed by atoms with Crippen molar-refractivity contribution >= 4 is 18.5 Å². The molecule has 0 fully saturated rings. The molecule has 1 atom stereocenters. The third-order valence-corrected chi connectivity index (χ3v) is 10.5. The van der Waals surface area contributed by atoms with Crippen LogP contribution in [0.3, 0.4) is 0 Å². The summed E-state index contributed by atoms with van der Waals surface area (Å²) in [6.07, 6.45) is 2.18. The van der Waals surface area contributed by atoms with Gasteiger partial charge in [-0.2, -0.15) is 0 Å². The maximum absolute atomic E-state index is 13.2. The van der Waals surface area contributed by atoms with Crippen molar-refractivity contribution in [2.24, 2.45) is 5.73 Å². The lowest BCUT2D eigenvalue weighted by Gasteiger charge is -2.34. The van der Waals surface area contributed by atoms with Crippen molar-refractivity contribution in [3.8, 4) is 0 Å². The molecule has 0 bridgehead atoms. The molecule has 83 heavy (non-hydrogen) atoms. The minimum absolute atomic E-state index is 0.0248. The minimum Gasteiger partial charge on any atom is -0.379 e. The summed E-state index contributed by atoms with van der Waals surface area (Å²) in [5, 5.41) is 16.4. The van der Waals surface area contributed by atoms with Gasteiger partial charge >= 0.3 is 0 Å². The highest BCUT2D eigenvalue weighted by Gasteiger charge is 2.34. The Balaban J connectivity index is 3.95. The summed E-state index contributed by atoms with van der Waals surface area (Å²) in [6, 6.07) is 0. The summed E-state index contributed by atoms with van der Waals surface area (Å²) in [6.45, 7) is 19.7. The van der Waals surface area contributed by atoms with Gasteiger partial charge in [0.15, 0.2) is 0 Å². The molecule has 0 aliphatic rings. The monoisotopic (exact) mass is 1210 g/mol. The molecule has 0 aromatic heterocycles. The first-order chi connectivity index (χ1) is 41.0. The van der Waals surface area contributed by atoms with Crippen molar-refractivity contribution in [2.45, 2.75) is 50.8 Å². The summed E-state index contributed by atoms with van der Waals surface area (Å²) in [4.78, 5) is 35.1. The zero-order valence-corrected chi connectivity index (χ0v) is 50.2. The standard InChI is InChI=1S/C55H109N3O25/c1-2-11-63-18-22-67-26-30-71-34-37-74-33-29-70-25-21-66-17-8-57-53(61)5-15-83-52-55(50-81-12-3-9-59,51-82-13-4-10-60)58-54(62)6-14-64-19-23-68-27-31-72-35-38-75-40-42-77-44-46-79-48-49-80-47-45-78-43-41-76-39-36-73-32-28-69-24-20-65-16-7-56/h9-10,53,57,61H,2-8,11-52,56H2,1H3,(H,58,62). The van der Waals surface area contributed by atoms with Crippen LogP contribution in [-0.4, -0.2) is 326 Å². The Morgan fingerprint density at radius 3 is 0.928 bits per heavy atom. The van der Waals surface area contributed by atoms with Crippen molar-refractivity contribution in [1.29, 1.82) is 0 Å². The summed E-state index contributed by atoms with van der Waals surface area (Å²) in [5.41, 5.74) is 4.19. The molecular formula is C55H109N3O25. The lowest BCUT2D eigenvalue weighted by molar-refractivity contribution is -0.129. The minimum atomic E-state index is -1.15. The van der Waals surface area contributed by atoms with Crippen LogP contribution < -0.4 is 16.4 Å². The van der Waals surface area contributed by atoms with Gasteiger partial charge in [0.05, 0.1) is 271 Å². The first kappa shape index (κ1) is 80.8. The van der Waals surface area contributed by atoms with Crippen LogP contribution in [0, 0.1) is 0 Å². The zero-order chi connectivity index (χ0) is 60.0. The third kappa shape index (κ3) is 65.7. The molecule has 0 saturated carbocycles. The highest BCUT2D eigenvalue weighted by Crippen LogP contribution is 2.11. The van der Waals surface area contributed by atoms with E-state index in [1.807, 2.05) is 0 Å². The van der Waals surface area contributed by atoms with Gasteiger partial charge in [0, 0.05) is 45.4 Å². The Hall–Kier alpha value is -2.15. The van der Waals surface area contributed by atoms with Crippen molar-refractivity contribution in [3.05, 3.63) is 0 Å². The Morgan fingerprint density at radius 1 is 0.373 bits per heavy atom. The van der Waals surface area contributed by atoms with Crippen LogP contribution in [0.4, 0.5) is 0 Å². The first-order valence-corrected chi connectivity index (χ1v) is 29.5. The van der Waals surface area contributed by atoms with E-state index in [0.29, 0.717) is 231 Å². The molecule has 5 N–H and O–H groups in total. The molecule has 1 unspecified atom stereocenters. The van der Waals surface area contributed by atoms with Crippen LogP contribution in [0.15, 0.2) is 0 Å². The number of aliphatic hydroxyl groups is 1. The number of aldehydes is 2. The topological polar surface area (TPSA) is 315 Å². The van der Waals surface area contributed by atoms with Crippen LogP contribution in [0.2, 0.25) is 0 Å². The van der Waals surface area contributed by atoms with E-state index in [-0.39, 0.29) is 84.4 Å². The zero-order valence-electron chi connectivity index (χ0n) is 50.2. The highest BCUT2D eigenvalue weighted by molar-refractivity contribution is 5.77. The smallest absolute Gasteiger partial charge is 0.222 e. The van der Waals surface area contributed by atoms with Crippen LogP contribution in [-0.2, 0) is 114 Å². The van der Waals surface area contributed by atoms with Gasteiger partial charge < -0.3 is 125 Å². The molecule has 0 heterocycles. The Kier molecular flexibility index (Phi) is 68.8. The number of amides is 1. The van der Waals surface area contributed by atoms with E-state index >= 15 is 0 Å². The SMILES string of the molecule is CCCOCCOCCOCCOCCOCCOCCNC(O)CCOCC(COCCC=O)(COCCC=O)NC(=O)CCOCCOCCOCCOCCOCCOCCOCCOCCOCCOCCOCCOCCN. The Bertz CT molecular complexity index is 1280. The van der Waals surface area contributed by atoms with E-state index in [0.717, 1.165) is 25.6 Å². The number of carbonyl (C=O) groups excluding carboxylic acids is 3. The van der Waals surface area contributed by atoms with E-state index in [4.69, 9.17) is 105 Å². The molecule has 1 amide bonds. The maximum atomic E-state index is 13.2. The van der Waals surface area contributed by atoms with E-state index in [9.17, 15) is 19.5 Å². The fraction of sp³-hybridized carbons (Fsp3) is 0.945. The number of carbonyl (C=O) groups is 3. The van der Waals surface area contributed by atoms with E-state index in [2.05, 4.69) is 17.6 Å². The number of ether oxygens (including phenoxy) is 21. The number of hydrogen-bond acceptors (Lipinski definition) is 27. The second-order valence-electron chi connectivity index (χ2n) is 17.7. The normalized spacial score (nSPS) is 12.2. The first-order valence-electron chi connectivity index (χ1n) is 29.5. The molecule has 0 saturated heterocycles. The quantitative estimate of drug-likeness (QED) is 0.0337. The van der Waals surface area contributed by atoms with E-state index in [1.54, 1.807) is 0 Å². The summed E-state index contributed by atoms with van der Waals surface area (Å²) >= 11 is 0. The molecule has 0 spiro atoms. The second-order valence-corrected chi connectivity index (χ2v) is 17.7. The predicted molar refractivity (Wildman–Crippen MR) is 302 cm³/mol. The van der Waals surface area contributed by atoms with E-state index in [1.165, 1.54) is 0 Å². The van der Waals surface area contributed by atoms with Crippen LogP contribution in [0.5, 0.6) is 0 Å². The van der Waals surface area contributed by atoms with E-state index < -0.39 is 11.8 Å². The number of hydrogen-bond donors (Lipinski definition) is 4. The highest BCUT2D eigenvalue weighted by atomic mass is 16.6. The van der Waals surface area contributed by atoms with Crippen molar-refractivity contribution in [3.63, 3.8) is 0 Å². The molecule has 0 rings (SSSR count). The van der Waals surface area contributed by atoms with Crippen LogP contribution >= 0.6 is 0 Å². The Labute approximate surface area is 494 Å². The lowest BCUT2D eigenvalue weighted by Crippen LogP contribution is -2.59. The fourth-order valence-electron chi connectivity index (χ4n) is 6.37. The van der Waals surface area contributed by atoms with Crippen LogP contribution in [0.25, 0.3) is 0 Å². The molecule has 494 valence electrons. The number of aliphatic hydroxyl groups excluding tert-OH is 1. The molecule has 0 aromatic rings. The molecule has 28 heteroatoms. The van der Waals surface area contributed by atoms with Gasteiger partial charge in [-0.3, -0.25) is 10.1 Å². The van der Waals surface area contributed by atoms with Gasteiger partial charge in [0.25, 0.3) is 0 Å². The third-order valence-electron chi connectivity index (χ3n) is 10.5. The number of nitrogens with two attached hydrogens (primary N) is 1. The molecule has 0 aromatic carbocycles. The summed E-state index contributed by atoms with van der Waals surface area (Å²) in [7, 11) is 0. The van der Waals surface area contributed by atoms with Gasteiger partial charge in [-0.25, -0.2) is 0 Å². The number of rotatable bonds is 75. The van der Waals surface area contributed by atoms with Gasteiger partial charge in [-0.1, -0.05) is 6.92 Å². The van der Waals surface area contributed by atoms with Crippen molar-refractivity contribution < 1.29 is 119 Å². The van der Waals surface area contributed by atoms with Crippen molar-refractivity contribution in [2.75, 3.05) is 291 Å². The average Bonchev–Trinajstić information content (AvgIpc) is 3.61. The summed E-state index contributed by atoms with van der Waals surface area (Å²) in [5.74, 6) is -0.347. The largest absolute Gasteiger partial charge is 0.379 e. The van der Waals surface area contributed by atoms with Crippen LogP contribution in [0.1, 0.15) is 39.0 Å². The van der Waals surface area contributed by atoms with Crippen molar-refractivity contribution in [1.82, 2.24) is 10.6 Å². The maximum Gasteiger partial charge on any atom is 0.222 e. The molecule has 0 aliphatic heterocycles. The average molecular weight is 1210 g/mol. The second kappa shape index (κ2) is 70.6. The number of nitrogens with one attached hydrogen (secondary N) is 2. The van der Waals surface area contributed by atoms with Gasteiger partial charge in [-0.15, -0.1) is 0 Å². The lowest BCUT2D eigenvalue weighted by atomic mass is 10.0. The Morgan fingerprint density at radius 2 is 0.639 bits per heavy atom. The van der Waals surface area contributed by atoms with Gasteiger partial charge in [0.2, 0.25) is 5.91 Å². The molecule has 28 nitrogen and oxygen atoms in total. The molecule has 0 aliphatic carbocycles. The molecular weight excluding hydrogens is 1100 g/mol. The van der Waals surface area contributed by atoms with Gasteiger partial charge in [-0.05, 0) is 6.42 Å². The fourth-order valence-corrected chi connectivity index (χ4v) is 6.37. The summed E-state index contributed by atoms with van der Waals surface area (Å²) < 4.78 is 116. The van der Waals surface area contributed by atoms with Gasteiger partial charge in [0.1, 0.15) is 24.3 Å².